The molecule has 1 heterocycles. The van der Waals surface area contributed by atoms with Gasteiger partial charge in [0.15, 0.2) is 0 Å². The van der Waals surface area contributed by atoms with Crippen LogP contribution in [0.25, 0.3) is 5.57 Å². The van der Waals surface area contributed by atoms with Gasteiger partial charge in [0.1, 0.15) is 11.6 Å². The molecule has 0 aromatic heterocycles. The van der Waals surface area contributed by atoms with Gasteiger partial charge in [0.2, 0.25) is 0 Å². The number of hydrogen-bond donors (Lipinski definition) is 1. The predicted molar refractivity (Wildman–Crippen MR) is 107 cm³/mol. The molecule has 0 fully saturated rings. The molecule has 0 atom stereocenters. The van der Waals surface area contributed by atoms with E-state index in [1.54, 1.807) is 11.8 Å². The third-order valence-electron chi connectivity index (χ3n) is 4.32. The van der Waals surface area contributed by atoms with E-state index < -0.39 is 11.6 Å². The average Bonchev–Trinajstić information content (AvgIpc) is 2.61. The van der Waals surface area contributed by atoms with Crippen LogP contribution in [0.1, 0.15) is 12.5 Å². The maximum absolute atomic E-state index is 14.1. The van der Waals surface area contributed by atoms with Crippen molar-refractivity contribution in [1.82, 2.24) is 4.90 Å². The highest BCUT2D eigenvalue weighted by atomic mass is 32.2. The highest BCUT2D eigenvalue weighted by Crippen LogP contribution is 2.35. The van der Waals surface area contributed by atoms with Crippen LogP contribution in [0.2, 0.25) is 0 Å². The van der Waals surface area contributed by atoms with Gasteiger partial charge in [-0.15, -0.1) is 11.8 Å². The lowest BCUT2D eigenvalue weighted by Gasteiger charge is -2.25. The van der Waals surface area contributed by atoms with Crippen LogP contribution in [-0.2, 0) is 0 Å². The number of nitrogens with zero attached hydrogens (tertiary/aromatic N) is 1. The number of likely N-dealkylation sites (N-methyl/N-ethyl adjacent to an activating group) is 1. The van der Waals surface area contributed by atoms with Gasteiger partial charge in [0.25, 0.3) is 0 Å². The molecule has 26 heavy (non-hydrogen) atoms. The molecule has 2 nitrogen and oxygen atoms in total. The second kappa shape index (κ2) is 7.38. The highest BCUT2D eigenvalue weighted by Gasteiger charge is 2.16. The summed E-state index contributed by atoms with van der Waals surface area (Å²) < 4.78 is 27.3. The molecule has 0 spiro atoms. The smallest absolute Gasteiger partial charge is 0.149 e. The van der Waals surface area contributed by atoms with Crippen LogP contribution in [0.15, 0.2) is 71.4 Å². The fourth-order valence-electron chi connectivity index (χ4n) is 2.80. The van der Waals surface area contributed by atoms with Crippen molar-refractivity contribution < 1.29 is 8.78 Å². The van der Waals surface area contributed by atoms with E-state index in [0.717, 1.165) is 39.1 Å². The number of rotatable bonds is 4. The Hall–Kier alpha value is -2.53. The summed E-state index contributed by atoms with van der Waals surface area (Å²) in [6, 6.07) is 9.47. The lowest BCUT2D eigenvalue weighted by molar-refractivity contribution is 0.579. The maximum Gasteiger partial charge on any atom is 0.149 e. The van der Waals surface area contributed by atoms with Crippen molar-refractivity contribution in [1.29, 1.82) is 0 Å². The summed E-state index contributed by atoms with van der Waals surface area (Å²) in [7, 11) is 1.95. The fraction of sp³-hybridized carbons (Fsp3) is 0.143. The molecule has 134 valence electrons. The molecule has 0 bridgehead atoms. The molecular weight excluding hydrogens is 350 g/mol. The van der Waals surface area contributed by atoms with Crippen LogP contribution in [0, 0.1) is 11.6 Å². The first kappa shape index (κ1) is 18.3. The quantitative estimate of drug-likeness (QED) is 0.647. The minimum atomic E-state index is -0.625. The molecule has 2 aromatic carbocycles. The standard InChI is InChI=1S/C21H20F2N2S/c1-13-9-15(12-25(3)14(13)2)18-11-17(26-4)6-8-20(18)24-21-7-5-16(22)10-19(21)23/h5-12,24H,2H2,1,3-4H3. The molecule has 0 saturated heterocycles. The van der Waals surface area contributed by atoms with Crippen molar-refractivity contribution in [3.63, 3.8) is 0 Å². The molecule has 1 aliphatic heterocycles. The van der Waals surface area contributed by atoms with Crippen molar-refractivity contribution in [2.75, 3.05) is 18.6 Å². The topological polar surface area (TPSA) is 15.3 Å². The molecule has 1 N–H and O–H groups in total. The summed E-state index contributed by atoms with van der Waals surface area (Å²) in [5.74, 6) is -1.22. The number of benzene rings is 2. The van der Waals surface area contributed by atoms with Gasteiger partial charge < -0.3 is 10.2 Å². The van der Waals surface area contributed by atoms with E-state index in [9.17, 15) is 8.78 Å². The largest absolute Gasteiger partial charge is 0.353 e. The molecule has 0 unspecified atom stereocenters. The summed E-state index contributed by atoms with van der Waals surface area (Å²) in [5, 5.41) is 3.10. The van der Waals surface area contributed by atoms with Gasteiger partial charge in [-0.05, 0) is 55.2 Å². The van der Waals surface area contributed by atoms with Gasteiger partial charge in [-0.3, -0.25) is 0 Å². The first-order valence-corrected chi connectivity index (χ1v) is 9.34. The average molecular weight is 370 g/mol. The van der Waals surface area contributed by atoms with Crippen LogP contribution in [0.3, 0.4) is 0 Å². The zero-order valence-electron chi connectivity index (χ0n) is 14.9. The van der Waals surface area contributed by atoms with Crippen LogP contribution in [0.5, 0.6) is 0 Å². The Kier molecular flexibility index (Phi) is 5.18. The van der Waals surface area contributed by atoms with E-state index in [2.05, 4.69) is 24.0 Å². The van der Waals surface area contributed by atoms with Crippen LogP contribution in [-0.4, -0.2) is 18.2 Å². The van der Waals surface area contributed by atoms with Crippen LogP contribution in [0.4, 0.5) is 20.2 Å². The van der Waals surface area contributed by atoms with Crippen molar-refractivity contribution in [3.8, 4) is 0 Å². The number of halogens is 2. The van der Waals surface area contributed by atoms with Crippen molar-refractivity contribution in [3.05, 3.63) is 83.7 Å². The van der Waals surface area contributed by atoms with Gasteiger partial charge in [-0.2, -0.15) is 0 Å². The van der Waals surface area contributed by atoms with E-state index in [1.807, 2.05) is 43.5 Å². The second-order valence-corrected chi connectivity index (χ2v) is 7.01. The Labute approximate surface area is 156 Å². The van der Waals surface area contributed by atoms with E-state index >= 15 is 0 Å². The zero-order valence-corrected chi connectivity index (χ0v) is 15.8. The number of allylic oxidation sites excluding steroid dienone is 3. The molecule has 0 saturated carbocycles. The number of nitrogens with one attached hydrogen (secondary N) is 1. The summed E-state index contributed by atoms with van der Waals surface area (Å²) in [4.78, 5) is 3.07. The summed E-state index contributed by atoms with van der Waals surface area (Å²) >= 11 is 1.64. The van der Waals surface area contributed by atoms with Crippen molar-refractivity contribution in [2.24, 2.45) is 0 Å². The van der Waals surface area contributed by atoms with Gasteiger partial charge in [0, 0.05) is 46.7 Å². The normalized spacial score (nSPS) is 14.2. The first-order valence-electron chi connectivity index (χ1n) is 8.12. The van der Waals surface area contributed by atoms with Crippen molar-refractivity contribution in [2.45, 2.75) is 11.8 Å². The van der Waals surface area contributed by atoms with Crippen molar-refractivity contribution >= 4 is 28.7 Å². The molecule has 5 heteroatoms. The summed E-state index contributed by atoms with van der Waals surface area (Å²) in [6.45, 7) is 6.07. The van der Waals surface area contributed by atoms with E-state index in [0.29, 0.717) is 0 Å². The molecular formula is C21H20F2N2S. The van der Waals surface area contributed by atoms with Gasteiger partial charge in [0.05, 0.1) is 5.69 Å². The second-order valence-electron chi connectivity index (χ2n) is 6.13. The summed E-state index contributed by atoms with van der Waals surface area (Å²) in [5.41, 5.74) is 4.94. The third-order valence-corrected chi connectivity index (χ3v) is 5.05. The van der Waals surface area contributed by atoms with Crippen LogP contribution < -0.4 is 5.32 Å². The predicted octanol–water partition coefficient (Wildman–Crippen LogP) is 6.18. The summed E-state index contributed by atoms with van der Waals surface area (Å²) in [6.07, 6.45) is 6.07. The lowest BCUT2D eigenvalue weighted by Crippen LogP contribution is -2.14. The Morgan fingerprint density at radius 2 is 1.81 bits per heavy atom. The first-order chi connectivity index (χ1) is 12.4. The Balaban J connectivity index is 2.07. The fourth-order valence-corrected chi connectivity index (χ4v) is 3.24. The molecule has 3 rings (SSSR count). The third kappa shape index (κ3) is 3.68. The molecule has 0 aliphatic carbocycles. The number of hydrogen-bond acceptors (Lipinski definition) is 3. The van der Waals surface area contributed by atoms with Gasteiger partial charge in [-0.1, -0.05) is 6.58 Å². The minimum absolute atomic E-state index is 0.236. The lowest BCUT2D eigenvalue weighted by atomic mass is 9.98. The SMILES string of the molecule is C=C1C(C)=CC(c2cc(SC)ccc2Nc2ccc(F)cc2F)=CN1C. The Morgan fingerprint density at radius 1 is 1.08 bits per heavy atom. The van der Waals surface area contributed by atoms with Gasteiger partial charge in [-0.25, -0.2) is 8.78 Å². The number of thioether (sulfide) groups is 1. The molecule has 2 aromatic rings. The monoisotopic (exact) mass is 370 g/mol. The molecule has 0 amide bonds. The van der Waals surface area contributed by atoms with Crippen LogP contribution >= 0.6 is 11.8 Å². The Bertz CT molecular complexity index is 932. The maximum atomic E-state index is 14.1. The van der Waals surface area contributed by atoms with E-state index in [-0.39, 0.29) is 5.69 Å². The van der Waals surface area contributed by atoms with Gasteiger partial charge >= 0.3 is 0 Å². The van der Waals surface area contributed by atoms with E-state index in [1.165, 1.54) is 12.1 Å². The molecule has 1 aliphatic rings. The highest BCUT2D eigenvalue weighted by molar-refractivity contribution is 7.98. The minimum Gasteiger partial charge on any atom is -0.353 e. The Morgan fingerprint density at radius 3 is 2.46 bits per heavy atom. The number of anilines is 2. The molecule has 0 radical (unpaired) electrons. The van der Waals surface area contributed by atoms with E-state index in [4.69, 9.17) is 0 Å². The zero-order chi connectivity index (χ0) is 18.8.